The van der Waals surface area contributed by atoms with Gasteiger partial charge < -0.3 is 10.2 Å². The highest BCUT2D eigenvalue weighted by atomic mass is 16.1. The summed E-state index contributed by atoms with van der Waals surface area (Å²) in [5, 5.41) is 2.75. The van der Waals surface area contributed by atoms with Crippen LogP contribution in [0.4, 0.5) is 11.5 Å². The molecule has 0 unspecified atom stereocenters. The molecule has 6 heteroatoms. The Morgan fingerprint density at radius 3 is 2.60 bits per heavy atom. The summed E-state index contributed by atoms with van der Waals surface area (Å²) in [6, 6.07) is 3.78. The molecule has 1 aliphatic heterocycles. The smallest absolute Gasteiger partial charge is 0.275 e. The number of hydrogen-bond acceptors (Lipinski definition) is 5. The fraction of sp³-hybridized carbons (Fsp3) is 0.286. The summed E-state index contributed by atoms with van der Waals surface area (Å²) in [6.07, 6.45) is 8.55. The van der Waals surface area contributed by atoms with Crippen LogP contribution in [0.3, 0.4) is 0 Å². The third kappa shape index (κ3) is 2.74. The van der Waals surface area contributed by atoms with E-state index in [0.717, 1.165) is 18.9 Å². The first-order chi connectivity index (χ1) is 9.83. The minimum absolute atomic E-state index is 0.283. The maximum absolute atomic E-state index is 11.9. The van der Waals surface area contributed by atoms with E-state index in [1.807, 2.05) is 12.1 Å². The molecule has 3 heterocycles. The first kappa shape index (κ1) is 12.5. The first-order valence-electron chi connectivity index (χ1n) is 6.61. The standard InChI is InChI=1S/C14H15N5O/c20-14(12-10-15-5-6-16-12)18-11-3-4-13(17-9-11)19-7-1-2-8-19/h3-6,9-10H,1-2,7-8H2,(H,18,20). The molecular formula is C14H15N5O. The van der Waals surface area contributed by atoms with Gasteiger partial charge in [0, 0.05) is 25.5 Å². The lowest BCUT2D eigenvalue weighted by atomic mass is 10.3. The van der Waals surface area contributed by atoms with E-state index in [9.17, 15) is 4.79 Å². The van der Waals surface area contributed by atoms with Crippen molar-refractivity contribution in [1.29, 1.82) is 0 Å². The summed E-state index contributed by atoms with van der Waals surface area (Å²) in [5.74, 6) is 0.675. The number of aromatic nitrogens is 3. The Hall–Kier alpha value is -2.50. The van der Waals surface area contributed by atoms with E-state index in [4.69, 9.17) is 0 Å². The second-order valence-electron chi connectivity index (χ2n) is 4.64. The molecule has 1 N–H and O–H groups in total. The third-order valence-electron chi connectivity index (χ3n) is 3.23. The normalized spacial score (nSPS) is 14.3. The van der Waals surface area contributed by atoms with Crippen molar-refractivity contribution in [2.24, 2.45) is 0 Å². The molecule has 0 spiro atoms. The largest absolute Gasteiger partial charge is 0.357 e. The van der Waals surface area contributed by atoms with Gasteiger partial charge in [0.05, 0.1) is 18.1 Å². The van der Waals surface area contributed by atoms with Crippen molar-refractivity contribution < 1.29 is 4.79 Å². The fourth-order valence-corrected chi connectivity index (χ4v) is 2.20. The third-order valence-corrected chi connectivity index (χ3v) is 3.23. The second-order valence-corrected chi connectivity index (χ2v) is 4.64. The molecule has 1 fully saturated rings. The molecule has 0 saturated carbocycles. The Morgan fingerprint density at radius 1 is 1.10 bits per heavy atom. The molecule has 1 saturated heterocycles. The van der Waals surface area contributed by atoms with Crippen LogP contribution in [-0.2, 0) is 0 Å². The first-order valence-corrected chi connectivity index (χ1v) is 6.61. The van der Waals surface area contributed by atoms with Crippen molar-refractivity contribution in [2.45, 2.75) is 12.8 Å². The van der Waals surface area contributed by atoms with E-state index in [-0.39, 0.29) is 11.6 Å². The quantitative estimate of drug-likeness (QED) is 0.918. The Balaban J connectivity index is 1.67. The number of anilines is 2. The van der Waals surface area contributed by atoms with Gasteiger partial charge in [-0.1, -0.05) is 0 Å². The minimum Gasteiger partial charge on any atom is -0.357 e. The van der Waals surface area contributed by atoms with Gasteiger partial charge in [0.1, 0.15) is 11.5 Å². The van der Waals surface area contributed by atoms with Gasteiger partial charge in [-0.05, 0) is 25.0 Å². The van der Waals surface area contributed by atoms with Crippen molar-refractivity contribution in [2.75, 3.05) is 23.3 Å². The molecule has 0 radical (unpaired) electrons. The van der Waals surface area contributed by atoms with Gasteiger partial charge in [-0.3, -0.25) is 9.78 Å². The van der Waals surface area contributed by atoms with Gasteiger partial charge in [0.15, 0.2) is 0 Å². The number of carbonyl (C=O) groups excluding carboxylic acids is 1. The average molecular weight is 269 g/mol. The van der Waals surface area contributed by atoms with E-state index in [1.165, 1.54) is 31.4 Å². The van der Waals surface area contributed by atoms with E-state index < -0.39 is 0 Å². The molecule has 102 valence electrons. The maximum atomic E-state index is 11.9. The number of nitrogens with one attached hydrogen (secondary N) is 1. The number of nitrogens with zero attached hydrogens (tertiary/aromatic N) is 4. The molecule has 3 rings (SSSR count). The van der Waals surface area contributed by atoms with Crippen molar-refractivity contribution in [1.82, 2.24) is 15.0 Å². The fourth-order valence-electron chi connectivity index (χ4n) is 2.20. The van der Waals surface area contributed by atoms with Gasteiger partial charge >= 0.3 is 0 Å². The maximum Gasteiger partial charge on any atom is 0.275 e. The topological polar surface area (TPSA) is 71.0 Å². The Labute approximate surface area is 116 Å². The van der Waals surface area contributed by atoms with Crippen LogP contribution in [0.5, 0.6) is 0 Å². The van der Waals surface area contributed by atoms with Crippen LogP contribution < -0.4 is 10.2 Å². The van der Waals surface area contributed by atoms with Crippen molar-refractivity contribution >= 4 is 17.4 Å². The number of carbonyl (C=O) groups is 1. The molecule has 2 aromatic heterocycles. The predicted molar refractivity (Wildman–Crippen MR) is 75.7 cm³/mol. The van der Waals surface area contributed by atoms with Gasteiger partial charge in [0.25, 0.3) is 5.91 Å². The molecule has 1 aliphatic rings. The number of pyridine rings is 1. The zero-order valence-electron chi connectivity index (χ0n) is 11.0. The molecule has 1 amide bonds. The van der Waals surface area contributed by atoms with E-state index >= 15 is 0 Å². The molecule has 0 atom stereocenters. The van der Waals surface area contributed by atoms with Crippen LogP contribution >= 0.6 is 0 Å². The van der Waals surface area contributed by atoms with Crippen LogP contribution in [0.1, 0.15) is 23.3 Å². The average Bonchev–Trinajstić information content (AvgIpc) is 3.03. The molecule has 0 aromatic carbocycles. The van der Waals surface area contributed by atoms with Gasteiger partial charge in [-0.2, -0.15) is 0 Å². The van der Waals surface area contributed by atoms with E-state index in [2.05, 4.69) is 25.2 Å². The van der Waals surface area contributed by atoms with E-state index in [0.29, 0.717) is 5.69 Å². The molecule has 0 aliphatic carbocycles. The zero-order valence-corrected chi connectivity index (χ0v) is 11.0. The highest BCUT2D eigenvalue weighted by Gasteiger charge is 2.13. The summed E-state index contributed by atoms with van der Waals surface area (Å²) in [6.45, 7) is 2.11. The Morgan fingerprint density at radius 2 is 1.95 bits per heavy atom. The zero-order chi connectivity index (χ0) is 13.8. The molecule has 0 bridgehead atoms. The monoisotopic (exact) mass is 269 g/mol. The second kappa shape index (κ2) is 5.64. The van der Waals surface area contributed by atoms with Gasteiger partial charge in [-0.15, -0.1) is 0 Å². The Kier molecular flexibility index (Phi) is 3.54. The van der Waals surface area contributed by atoms with Crippen molar-refractivity contribution in [3.63, 3.8) is 0 Å². The summed E-state index contributed by atoms with van der Waals surface area (Å²) in [5.41, 5.74) is 0.944. The highest BCUT2D eigenvalue weighted by Crippen LogP contribution is 2.19. The Bertz CT molecular complexity index is 578. The number of hydrogen-bond donors (Lipinski definition) is 1. The van der Waals surface area contributed by atoms with Crippen LogP contribution in [0.25, 0.3) is 0 Å². The lowest BCUT2D eigenvalue weighted by molar-refractivity contribution is 0.102. The van der Waals surface area contributed by atoms with Crippen LogP contribution in [0.15, 0.2) is 36.9 Å². The number of rotatable bonds is 3. The van der Waals surface area contributed by atoms with Crippen molar-refractivity contribution in [3.8, 4) is 0 Å². The molecular weight excluding hydrogens is 254 g/mol. The van der Waals surface area contributed by atoms with Gasteiger partial charge in [-0.25, -0.2) is 9.97 Å². The minimum atomic E-state index is -0.283. The van der Waals surface area contributed by atoms with Crippen molar-refractivity contribution in [3.05, 3.63) is 42.6 Å². The summed E-state index contributed by atoms with van der Waals surface area (Å²) in [4.78, 5) is 26.4. The molecule has 6 nitrogen and oxygen atoms in total. The lowest BCUT2D eigenvalue weighted by Gasteiger charge is -2.16. The van der Waals surface area contributed by atoms with E-state index in [1.54, 1.807) is 6.20 Å². The summed E-state index contributed by atoms with van der Waals surface area (Å²) < 4.78 is 0. The SMILES string of the molecule is O=C(Nc1ccc(N2CCCC2)nc1)c1cnccn1. The molecule has 20 heavy (non-hydrogen) atoms. The van der Waals surface area contributed by atoms with Crippen LogP contribution in [0, 0.1) is 0 Å². The summed E-state index contributed by atoms with van der Waals surface area (Å²) in [7, 11) is 0. The molecule has 2 aromatic rings. The predicted octanol–water partition coefficient (Wildman–Crippen LogP) is 1.72. The van der Waals surface area contributed by atoms with Crippen LogP contribution in [-0.4, -0.2) is 33.9 Å². The highest BCUT2D eigenvalue weighted by molar-refractivity contribution is 6.02. The van der Waals surface area contributed by atoms with Crippen LogP contribution in [0.2, 0.25) is 0 Å². The summed E-state index contributed by atoms with van der Waals surface area (Å²) >= 11 is 0. The number of amides is 1. The van der Waals surface area contributed by atoms with Gasteiger partial charge in [0.2, 0.25) is 0 Å². The lowest BCUT2D eigenvalue weighted by Crippen LogP contribution is -2.19.